The van der Waals surface area contributed by atoms with Crippen molar-refractivity contribution < 1.29 is 0 Å². The van der Waals surface area contributed by atoms with Crippen molar-refractivity contribution >= 4 is 11.4 Å². The summed E-state index contributed by atoms with van der Waals surface area (Å²) in [6.45, 7) is 6.54. The summed E-state index contributed by atoms with van der Waals surface area (Å²) < 4.78 is 0. The van der Waals surface area contributed by atoms with Gasteiger partial charge >= 0.3 is 0 Å². The van der Waals surface area contributed by atoms with Gasteiger partial charge < -0.3 is 11.1 Å². The van der Waals surface area contributed by atoms with Gasteiger partial charge in [0.2, 0.25) is 0 Å². The van der Waals surface area contributed by atoms with Crippen LogP contribution in [0.2, 0.25) is 0 Å². The summed E-state index contributed by atoms with van der Waals surface area (Å²) in [6, 6.07) is 6.80. The molecule has 0 aliphatic rings. The summed E-state index contributed by atoms with van der Waals surface area (Å²) in [6.07, 6.45) is 6.20. The SMILES string of the molecule is CCCCC(CCC)Nc1ccc(C)cc1N. The Hall–Kier alpha value is -1.18. The van der Waals surface area contributed by atoms with E-state index in [4.69, 9.17) is 5.73 Å². The average molecular weight is 234 g/mol. The molecule has 1 aromatic carbocycles. The Bertz CT molecular complexity index is 334. The number of benzene rings is 1. The summed E-state index contributed by atoms with van der Waals surface area (Å²) in [4.78, 5) is 0. The average Bonchev–Trinajstić information content (AvgIpc) is 2.29. The summed E-state index contributed by atoms with van der Waals surface area (Å²) in [7, 11) is 0. The standard InChI is InChI=1S/C15H26N2/c1-4-6-8-13(7-5-2)17-15-10-9-12(3)11-14(15)16/h9-11,13,17H,4-8,16H2,1-3H3. The van der Waals surface area contributed by atoms with Gasteiger partial charge in [0.25, 0.3) is 0 Å². The number of rotatable bonds is 7. The van der Waals surface area contributed by atoms with Gasteiger partial charge in [-0.3, -0.25) is 0 Å². The lowest BCUT2D eigenvalue weighted by atomic mass is 10.0. The molecule has 0 aliphatic carbocycles. The summed E-state index contributed by atoms with van der Waals surface area (Å²) in [5.74, 6) is 0. The first kappa shape index (κ1) is 13.9. The molecule has 0 bridgehead atoms. The maximum atomic E-state index is 6.03. The minimum atomic E-state index is 0.560. The smallest absolute Gasteiger partial charge is 0.0576 e. The number of unbranched alkanes of at least 4 members (excludes halogenated alkanes) is 1. The molecule has 1 rings (SSSR count). The van der Waals surface area contributed by atoms with Gasteiger partial charge in [-0.15, -0.1) is 0 Å². The predicted octanol–water partition coefficient (Wildman–Crippen LogP) is 4.35. The van der Waals surface area contributed by atoms with Gasteiger partial charge in [-0.25, -0.2) is 0 Å². The summed E-state index contributed by atoms with van der Waals surface area (Å²) in [5.41, 5.74) is 9.20. The number of hydrogen-bond acceptors (Lipinski definition) is 2. The van der Waals surface area contributed by atoms with E-state index < -0.39 is 0 Å². The van der Waals surface area contributed by atoms with Crippen molar-refractivity contribution in [1.82, 2.24) is 0 Å². The first-order valence-electron chi connectivity index (χ1n) is 6.80. The van der Waals surface area contributed by atoms with E-state index in [1.54, 1.807) is 0 Å². The van der Waals surface area contributed by atoms with E-state index in [9.17, 15) is 0 Å². The molecule has 0 amide bonds. The van der Waals surface area contributed by atoms with Crippen LogP contribution in [-0.2, 0) is 0 Å². The number of nitrogen functional groups attached to an aromatic ring is 1. The second-order valence-electron chi connectivity index (χ2n) is 4.86. The number of nitrogens with one attached hydrogen (secondary N) is 1. The van der Waals surface area contributed by atoms with E-state index in [1.165, 1.54) is 37.7 Å². The molecule has 0 fully saturated rings. The molecule has 0 aliphatic heterocycles. The molecule has 1 atom stereocenters. The first-order valence-corrected chi connectivity index (χ1v) is 6.80. The van der Waals surface area contributed by atoms with E-state index in [0.717, 1.165) is 11.4 Å². The Morgan fingerprint density at radius 1 is 1.18 bits per heavy atom. The van der Waals surface area contributed by atoms with Crippen LogP contribution in [0.1, 0.15) is 51.5 Å². The van der Waals surface area contributed by atoms with Gasteiger partial charge in [-0.2, -0.15) is 0 Å². The molecule has 2 nitrogen and oxygen atoms in total. The van der Waals surface area contributed by atoms with E-state index in [0.29, 0.717) is 6.04 Å². The Morgan fingerprint density at radius 3 is 2.53 bits per heavy atom. The molecule has 17 heavy (non-hydrogen) atoms. The van der Waals surface area contributed by atoms with Crippen molar-refractivity contribution in [3.05, 3.63) is 23.8 Å². The van der Waals surface area contributed by atoms with Gasteiger partial charge in [-0.05, 0) is 37.5 Å². The van der Waals surface area contributed by atoms with Crippen LogP contribution in [-0.4, -0.2) is 6.04 Å². The highest BCUT2D eigenvalue weighted by atomic mass is 14.9. The maximum absolute atomic E-state index is 6.03. The lowest BCUT2D eigenvalue weighted by Crippen LogP contribution is -2.19. The molecule has 1 unspecified atom stereocenters. The van der Waals surface area contributed by atoms with E-state index >= 15 is 0 Å². The Morgan fingerprint density at radius 2 is 1.94 bits per heavy atom. The second-order valence-corrected chi connectivity index (χ2v) is 4.86. The number of aryl methyl sites for hydroxylation is 1. The van der Waals surface area contributed by atoms with Crippen molar-refractivity contribution in [3.8, 4) is 0 Å². The fourth-order valence-corrected chi connectivity index (χ4v) is 2.12. The zero-order valence-electron chi connectivity index (χ0n) is 11.4. The largest absolute Gasteiger partial charge is 0.397 e. The van der Waals surface area contributed by atoms with Crippen LogP contribution >= 0.6 is 0 Å². The fourth-order valence-electron chi connectivity index (χ4n) is 2.12. The molecule has 0 saturated carbocycles. The first-order chi connectivity index (χ1) is 8.17. The highest BCUT2D eigenvalue weighted by molar-refractivity contribution is 5.67. The van der Waals surface area contributed by atoms with Crippen LogP contribution in [0, 0.1) is 6.92 Å². The van der Waals surface area contributed by atoms with Gasteiger partial charge in [0, 0.05) is 6.04 Å². The van der Waals surface area contributed by atoms with Crippen LogP contribution in [0.4, 0.5) is 11.4 Å². The zero-order valence-corrected chi connectivity index (χ0v) is 11.4. The van der Waals surface area contributed by atoms with Crippen molar-refractivity contribution in [2.45, 2.75) is 58.9 Å². The third kappa shape index (κ3) is 4.68. The molecular weight excluding hydrogens is 208 g/mol. The third-order valence-corrected chi connectivity index (χ3v) is 3.11. The molecule has 0 saturated heterocycles. The molecule has 0 heterocycles. The molecule has 3 N–H and O–H groups in total. The minimum Gasteiger partial charge on any atom is -0.397 e. The van der Waals surface area contributed by atoms with Gasteiger partial charge in [-0.1, -0.05) is 39.2 Å². The van der Waals surface area contributed by atoms with Gasteiger partial charge in [0.1, 0.15) is 0 Å². The topological polar surface area (TPSA) is 38.0 Å². The van der Waals surface area contributed by atoms with E-state index in [-0.39, 0.29) is 0 Å². The van der Waals surface area contributed by atoms with Crippen LogP contribution in [0.15, 0.2) is 18.2 Å². The van der Waals surface area contributed by atoms with Crippen LogP contribution in [0.3, 0.4) is 0 Å². The quantitative estimate of drug-likeness (QED) is 0.688. The molecule has 0 radical (unpaired) electrons. The molecular formula is C15H26N2. The molecule has 2 heteroatoms. The number of nitrogens with two attached hydrogens (primary N) is 1. The van der Waals surface area contributed by atoms with Crippen molar-refractivity contribution in [3.63, 3.8) is 0 Å². The Kier molecular flexibility index (Phi) is 5.88. The summed E-state index contributed by atoms with van der Waals surface area (Å²) >= 11 is 0. The minimum absolute atomic E-state index is 0.560. The Balaban J connectivity index is 2.64. The fraction of sp³-hybridized carbons (Fsp3) is 0.600. The van der Waals surface area contributed by atoms with Crippen LogP contribution < -0.4 is 11.1 Å². The highest BCUT2D eigenvalue weighted by Crippen LogP contribution is 2.22. The Labute approximate surface area is 106 Å². The molecule has 0 spiro atoms. The third-order valence-electron chi connectivity index (χ3n) is 3.11. The summed E-state index contributed by atoms with van der Waals surface area (Å²) in [5, 5.41) is 3.59. The van der Waals surface area contributed by atoms with E-state index in [2.05, 4.69) is 38.2 Å². The van der Waals surface area contributed by atoms with Crippen molar-refractivity contribution in [1.29, 1.82) is 0 Å². The van der Waals surface area contributed by atoms with Crippen LogP contribution in [0.25, 0.3) is 0 Å². The lowest BCUT2D eigenvalue weighted by molar-refractivity contribution is 0.564. The van der Waals surface area contributed by atoms with Crippen LogP contribution in [0.5, 0.6) is 0 Å². The van der Waals surface area contributed by atoms with Gasteiger partial charge in [0.05, 0.1) is 11.4 Å². The molecule has 96 valence electrons. The zero-order chi connectivity index (χ0) is 12.7. The van der Waals surface area contributed by atoms with E-state index in [1.807, 2.05) is 6.07 Å². The molecule has 1 aromatic rings. The normalized spacial score (nSPS) is 12.4. The number of hydrogen-bond donors (Lipinski definition) is 2. The maximum Gasteiger partial charge on any atom is 0.0576 e. The predicted molar refractivity (Wildman–Crippen MR) is 77.4 cm³/mol. The highest BCUT2D eigenvalue weighted by Gasteiger charge is 2.08. The molecule has 0 aromatic heterocycles. The van der Waals surface area contributed by atoms with Crippen molar-refractivity contribution in [2.75, 3.05) is 11.1 Å². The monoisotopic (exact) mass is 234 g/mol. The second kappa shape index (κ2) is 7.21. The van der Waals surface area contributed by atoms with Crippen molar-refractivity contribution in [2.24, 2.45) is 0 Å². The number of anilines is 2. The lowest BCUT2D eigenvalue weighted by Gasteiger charge is -2.20. The van der Waals surface area contributed by atoms with Gasteiger partial charge in [0.15, 0.2) is 0 Å².